The average Bonchev–Trinajstić information content (AvgIpc) is 2.17. The van der Waals surface area contributed by atoms with Gasteiger partial charge in [-0.25, -0.2) is 4.79 Å². The van der Waals surface area contributed by atoms with Gasteiger partial charge in [-0.15, -0.1) is 11.6 Å². The van der Waals surface area contributed by atoms with Crippen molar-refractivity contribution in [2.75, 3.05) is 5.88 Å². The molecule has 80 valence electrons. The van der Waals surface area contributed by atoms with Gasteiger partial charge in [-0.05, 0) is 12.5 Å². The fourth-order valence-corrected chi connectivity index (χ4v) is 1.49. The molecule has 0 saturated heterocycles. The fraction of sp³-hybridized carbons (Fsp3) is 0.222. The Kier molecular flexibility index (Phi) is 3.62. The van der Waals surface area contributed by atoms with Gasteiger partial charge in [-0.2, -0.15) is 0 Å². The molecule has 5 nitrogen and oxygen atoms in total. The number of carboxylic acids is 1. The summed E-state index contributed by atoms with van der Waals surface area (Å²) in [4.78, 5) is 20.8. The summed E-state index contributed by atoms with van der Waals surface area (Å²) in [6.07, 6.45) is 0.277. The Morgan fingerprint density at radius 1 is 1.53 bits per heavy atom. The van der Waals surface area contributed by atoms with E-state index in [1.54, 1.807) is 0 Å². The summed E-state index contributed by atoms with van der Waals surface area (Å²) in [7, 11) is 0. The summed E-state index contributed by atoms with van der Waals surface area (Å²) in [5.74, 6) is -1.10. The van der Waals surface area contributed by atoms with Crippen LogP contribution < -0.4 is 0 Å². The van der Waals surface area contributed by atoms with Gasteiger partial charge in [0, 0.05) is 11.4 Å². The molecule has 0 atom stereocenters. The number of halogens is 1. The Labute approximate surface area is 90.4 Å². The van der Waals surface area contributed by atoms with Crippen LogP contribution in [0.1, 0.15) is 15.9 Å². The van der Waals surface area contributed by atoms with Gasteiger partial charge in [0.2, 0.25) is 0 Å². The third-order valence-corrected chi connectivity index (χ3v) is 2.09. The molecule has 1 aromatic rings. The molecule has 0 heterocycles. The molecule has 1 aromatic carbocycles. The van der Waals surface area contributed by atoms with E-state index in [0.29, 0.717) is 5.56 Å². The molecule has 0 unspecified atom stereocenters. The Balaban J connectivity index is 3.34. The molecule has 0 fully saturated rings. The number of hydrogen-bond donors (Lipinski definition) is 1. The zero-order valence-corrected chi connectivity index (χ0v) is 8.40. The number of nitrogens with zero attached hydrogens (tertiary/aromatic N) is 1. The standard InChI is InChI=1S/C9H8ClNO4/c10-5-4-6-2-1-3-7(9(12)13)8(6)11(14)15/h1-3H,4-5H2,(H,12,13). The predicted octanol–water partition coefficient (Wildman–Crippen LogP) is 2.07. The van der Waals surface area contributed by atoms with Crippen LogP contribution in [0, 0.1) is 10.1 Å². The van der Waals surface area contributed by atoms with Gasteiger partial charge < -0.3 is 5.11 Å². The van der Waals surface area contributed by atoms with Gasteiger partial charge in [0.25, 0.3) is 5.69 Å². The zero-order valence-electron chi connectivity index (χ0n) is 7.64. The predicted molar refractivity (Wildman–Crippen MR) is 54.5 cm³/mol. The normalized spacial score (nSPS) is 9.93. The lowest BCUT2D eigenvalue weighted by molar-refractivity contribution is -0.385. The van der Waals surface area contributed by atoms with Gasteiger partial charge in [-0.3, -0.25) is 10.1 Å². The maximum atomic E-state index is 10.7. The van der Waals surface area contributed by atoms with Crippen LogP contribution >= 0.6 is 11.6 Å². The number of para-hydroxylation sites is 1. The van der Waals surface area contributed by atoms with Crippen molar-refractivity contribution in [1.29, 1.82) is 0 Å². The fourth-order valence-electron chi connectivity index (χ4n) is 1.28. The second kappa shape index (κ2) is 4.75. The zero-order chi connectivity index (χ0) is 11.4. The van der Waals surface area contributed by atoms with Gasteiger partial charge >= 0.3 is 5.97 Å². The van der Waals surface area contributed by atoms with Gasteiger partial charge in [0.05, 0.1) is 4.92 Å². The molecule has 0 aliphatic rings. The van der Waals surface area contributed by atoms with Gasteiger partial charge in [0.1, 0.15) is 5.56 Å². The third-order valence-electron chi connectivity index (χ3n) is 1.90. The van der Waals surface area contributed by atoms with Crippen molar-refractivity contribution in [2.45, 2.75) is 6.42 Å². The van der Waals surface area contributed by atoms with Crippen molar-refractivity contribution >= 4 is 23.3 Å². The van der Waals surface area contributed by atoms with Gasteiger partial charge in [0.15, 0.2) is 0 Å². The number of carbonyl (C=O) groups is 1. The molecule has 0 aromatic heterocycles. The second-order valence-corrected chi connectivity index (χ2v) is 3.19. The lowest BCUT2D eigenvalue weighted by Crippen LogP contribution is -2.06. The highest BCUT2D eigenvalue weighted by atomic mass is 35.5. The second-order valence-electron chi connectivity index (χ2n) is 2.81. The van der Waals surface area contributed by atoms with E-state index in [9.17, 15) is 14.9 Å². The Bertz CT molecular complexity index is 405. The topological polar surface area (TPSA) is 80.4 Å². The number of aryl methyl sites for hydroxylation is 1. The number of carboxylic acid groups (broad SMARTS) is 1. The number of nitro benzene ring substituents is 1. The van der Waals surface area contributed by atoms with Crippen molar-refractivity contribution in [2.24, 2.45) is 0 Å². The maximum Gasteiger partial charge on any atom is 0.342 e. The summed E-state index contributed by atoms with van der Waals surface area (Å²) in [5, 5.41) is 19.5. The molecule has 6 heteroatoms. The number of rotatable bonds is 4. The first-order valence-electron chi connectivity index (χ1n) is 4.13. The van der Waals surface area contributed by atoms with Crippen molar-refractivity contribution in [3.05, 3.63) is 39.4 Å². The molecule has 15 heavy (non-hydrogen) atoms. The first-order valence-corrected chi connectivity index (χ1v) is 4.67. The number of hydrogen-bond acceptors (Lipinski definition) is 3. The van der Waals surface area contributed by atoms with Crippen LogP contribution in [0.25, 0.3) is 0 Å². The van der Waals surface area contributed by atoms with E-state index >= 15 is 0 Å². The quantitative estimate of drug-likeness (QED) is 0.487. The lowest BCUT2D eigenvalue weighted by Gasteiger charge is -2.03. The molecule has 0 spiro atoms. The average molecular weight is 230 g/mol. The van der Waals surface area contributed by atoms with Crippen LogP contribution in [-0.2, 0) is 6.42 Å². The Morgan fingerprint density at radius 3 is 2.67 bits per heavy atom. The van der Waals surface area contributed by atoms with E-state index in [-0.39, 0.29) is 23.6 Å². The number of nitro groups is 1. The summed E-state index contributed by atoms with van der Waals surface area (Å²) in [5.41, 5.74) is -0.330. The van der Waals surface area contributed by atoms with E-state index in [0.717, 1.165) is 0 Å². The highest BCUT2D eigenvalue weighted by Crippen LogP contribution is 2.24. The monoisotopic (exact) mass is 229 g/mol. The van der Waals surface area contributed by atoms with Crippen molar-refractivity contribution in [1.82, 2.24) is 0 Å². The summed E-state index contributed by atoms with van der Waals surface area (Å²) >= 11 is 5.47. The van der Waals surface area contributed by atoms with E-state index in [4.69, 9.17) is 16.7 Å². The third kappa shape index (κ3) is 2.44. The van der Waals surface area contributed by atoms with Crippen LogP contribution in [0.2, 0.25) is 0 Å². The van der Waals surface area contributed by atoms with Crippen LogP contribution in [0.4, 0.5) is 5.69 Å². The smallest absolute Gasteiger partial charge is 0.342 e. The molecule has 1 N–H and O–H groups in total. The van der Waals surface area contributed by atoms with Crippen molar-refractivity contribution in [3.63, 3.8) is 0 Å². The molecule has 0 radical (unpaired) electrons. The van der Waals surface area contributed by atoms with E-state index in [1.807, 2.05) is 0 Å². The SMILES string of the molecule is O=C(O)c1cccc(CCCl)c1[N+](=O)[O-]. The Hall–Kier alpha value is -1.62. The summed E-state index contributed by atoms with van der Waals surface area (Å²) in [6, 6.07) is 4.18. The first-order chi connectivity index (χ1) is 7.07. The number of benzene rings is 1. The minimum atomic E-state index is -1.31. The molecular formula is C9H8ClNO4. The number of aromatic carboxylic acids is 1. The van der Waals surface area contributed by atoms with Crippen molar-refractivity contribution in [3.8, 4) is 0 Å². The van der Waals surface area contributed by atoms with Crippen LogP contribution in [0.3, 0.4) is 0 Å². The lowest BCUT2D eigenvalue weighted by atomic mass is 10.1. The van der Waals surface area contributed by atoms with Crippen LogP contribution in [-0.4, -0.2) is 21.9 Å². The highest BCUT2D eigenvalue weighted by Gasteiger charge is 2.23. The highest BCUT2D eigenvalue weighted by molar-refractivity contribution is 6.18. The minimum Gasteiger partial charge on any atom is -0.477 e. The molecule has 0 aliphatic heterocycles. The molecule has 0 amide bonds. The molecular weight excluding hydrogens is 222 g/mol. The maximum absolute atomic E-state index is 10.7. The van der Waals surface area contributed by atoms with Crippen LogP contribution in [0.15, 0.2) is 18.2 Å². The van der Waals surface area contributed by atoms with Gasteiger partial charge in [-0.1, -0.05) is 12.1 Å². The first kappa shape index (κ1) is 11.5. The summed E-state index contributed by atoms with van der Waals surface area (Å²) in [6.45, 7) is 0. The Morgan fingerprint density at radius 2 is 2.20 bits per heavy atom. The molecule has 1 rings (SSSR count). The minimum absolute atomic E-state index is 0.212. The van der Waals surface area contributed by atoms with Crippen molar-refractivity contribution < 1.29 is 14.8 Å². The molecule has 0 bridgehead atoms. The van der Waals surface area contributed by atoms with Crippen LogP contribution in [0.5, 0.6) is 0 Å². The summed E-state index contributed by atoms with van der Waals surface area (Å²) < 4.78 is 0. The molecule has 0 saturated carbocycles. The van der Waals surface area contributed by atoms with E-state index in [2.05, 4.69) is 0 Å². The molecule has 0 aliphatic carbocycles. The number of alkyl halides is 1. The van der Waals surface area contributed by atoms with E-state index in [1.165, 1.54) is 18.2 Å². The van der Waals surface area contributed by atoms with E-state index < -0.39 is 10.9 Å². The largest absolute Gasteiger partial charge is 0.477 e.